The lowest BCUT2D eigenvalue weighted by Gasteiger charge is -2.30. The fourth-order valence-corrected chi connectivity index (χ4v) is 5.14. The van der Waals surface area contributed by atoms with Crippen molar-refractivity contribution in [3.63, 3.8) is 0 Å². The second kappa shape index (κ2) is 11.3. The van der Waals surface area contributed by atoms with Gasteiger partial charge in [-0.1, -0.05) is 12.1 Å². The van der Waals surface area contributed by atoms with Crippen LogP contribution in [0.4, 0.5) is 0 Å². The van der Waals surface area contributed by atoms with Gasteiger partial charge in [0.25, 0.3) is 0 Å². The van der Waals surface area contributed by atoms with Crippen LogP contribution in [-0.2, 0) is 4.74 Å². The number of benzene rings is 1. The number of aryl methyl sites for hydroxylation is 1. The zero-order valence-electron chi connectivity index (χ0n) is 22.4. The average Bonchev–Trinajstić information content (AvgIpc) is 3.47. The minimum absolute atomic E-state index is 0.205. The number of fused-ring (bicyclic) bond motifs is 1. The standard InChI is InChI=1S/C31H31N7O2/c1-20-4-2-6-28(37-20)30-29(35-19-36-30)21-7-9-26-23(14-21)15-24(17-34-26)27-10-8-22(16-33-27)31(39)40-13-12-38-11-3-5-25(32)18-38/h2,4,6-10,14-17,19,25H,3,5,11-13,18,32H2,1H3,(H,35,36)/t25-/m1/s1. The number of hydrogen-bond donors (Lipinski definition) is 2. The Morgan fingerprint density at radius 2 is 1.95 bits per heavy atom. The highest BCUT2D eigenvalue weighted by Gasteiger charge is 2.17. The highest BCUT2D eigenvalue weighted by Crippen LogP contribution is 2.31. The van der Waals surface area contributed by atoms with E-state index in [9.17, 15) is 4.79 Å². The molecule has 0 bridgehead atoms. The largest absolute Gasteiger partial charge is 0.461 e. The molecule has 202 valence electrons. The second-order valence-electron chi connectivity index (χ2n) is 10.2. The van der Waals surface area contributed by atoms with Crippen molar-refractivity contribution in [3.8, 4) is 33.9 Å². The summed E-state index contributed by atoms with van der Waals surface area (Å²) in [4.78, 5) is 36.4. The molecule has 1 atom stereocenters. The fraction of sp³-hybridized carbons (Fsp3) is 0.258. The van der Waals surface area contributed by atoms with E-state index in [1.165, 1.54) is 0 Å². The van der Waals surface area contributed by atoms with Gasteiger partial charge in [-0.2, -0.15) is 0 Å². The molecular weight excluding hydrogens is 502 g/mol. The number of esters is 1. The van der Waals surface area contributed by atoms with Crippen LogP contribution in [0, 0.1) is 6.92 Å². The first-order valence-corrected chi connectivity index (χ1v) is 13.5. The van der Waals surface area contributed by atoms with Crippen molar-refractivity contribution < 1.29 is 9.53 Å². The van der Waals surface area contributed by atoms with E-state index in [0.29, 0.717) is 18.7 Å². The van der Waals surface area contributed by atoms with Gasteiger partial charge < -0.3 is 15.5 Å². The Balaban J connectivity index is 1.17. The van der Waals surface area contributed by atoms with Gasteiger partial charge >= 0.3 is 5.97 Å². The number of piperidine rings is 1. The summed E-state index contributed by atoms with van der Waals surface area (Å²) in [6.45, 7) is 4.84. The number of imidazole rings is 1. The lowest BCUT2D eigenvalue weighted by Crippen LogP contribution is -2.44. The van der Waals surface area contributed by atoms with Crippen molar-refractivity contribution >= 4 is 16.9 Å². The summed E-state index contributed by atoms with van der Waals surface area (Å²) in [6.07, 6.45) is 7.18. The summed E-state index contributed by atoms with van der Waals surface area (Å²) in [5.41, 5.74) is 13.4. The molecule has 0 saturated carbocycles. The predicted octanol–water partition coefficient (Wildman–Crippen LogP) is 4.64. The Hall–Kier alpha value is -4.47. The molecule has 0 amide bonds. The Labute approximate surface area is 232 Å². The summed E-state index contributed by atoms with van der Waals surface area (Å²) >= 11 is 0. The summed E-state index contributed by atoms with van der Waals surface area (Å²) in [6, 6.07) is 17.8. The molecule has 1 aromatic carbocycles. The van der Waals surface area contributed by atoms with E-state index in [0.717, 1.165) is 76.4 Å². The van der Waals surface area contributed by atoms with Crippen LogP contribution >= 0.6 is 0 Å². The minimum atomic E-state index is -0.375. The van der Waals surface area contributed by atoms with E-state index in [-0.39, 0.29) is 12.0 Å². The first-order valence-electron chi connectivity index (χ1n) is 13.5. The molecule has 6 rings (SSSR count). The molecule has 0 unspecified atom stereocenters. The van der Waals surface area contributed by atoms with Crippen LogP contribution < -0.4 is 5.73 Å². The number of H-pyrrole nitrogens is 1. The number of aromatic nitrogens is 5. The van der Waals surface area contributed by atoms with Gasteiger partial charge in [-0.3, -0.25) is 19.9 Å². The molecule has 5 heterocycles. The van der Waals surface area contributed by atoms with Crippen molar-refractivity contribution in [3.05, 3.63) is 84.6 Å². The third-order valence-corrected chi connectivity index (χ3v) is 7.22. The van der Waals surface area contributed by atoms with Crippen LogP contribution in [0.5, 0.6) is 0 Å². The van der Waals surface area contributed by atoms with Gasteiger partial charge in [0.1, 0.15) is 6.61 Å². The summed E-state index contributed by atoms with van der Waals surface area (Å²) in [7, 11) is 0. The van der Waals surface area contributed by atoms with Crippen molar-refractivity contribution in [2.45, 2.75) is 25.8 Å². The van der Waals surface area contributed by atoms with Gasteiger partial charge in [0.15, 0.2) is 0 Å². The highest BCUT2D eigenvalue weighted by atomic mass is 16.5. The number of likely N-dealkylation sites (tertiary alicyclic amines) is 1. The van der Waals surface area contributed by atoms with E-state index in [1.807, 2.05) is 49.4 Å². The molecule has 0 aliphatic carbocycles. The molecule has 1 fully saturated rings. The molecule has 9 nitrogen and oxygen atoms in total. The number of pyridine rings is 3. The van der Waals surface area contributed by atoms with Crippen molar-refractivity contribution in [1.82, 2.24) is 29.8 Å². The second-order valence-corrected chi connectivity index (χ2v) is 10.2. The summed E-state index contributed by atoms with van der Waals surface area (Å²) < 4.78 is 5.48. The van der Waals surface area contributed by atoms with E-state index in [4.69, 9.17) is 10.5 Å². The van der Waals surface area contributed by atoms with Crippen molar-refractivity contribution in [1.29, 1.82) is 0 Å². The Morgan fingerprint density at radius 3 is 2.77 bits per heavy atom. The topological polar surface area (TPSA) is 123 Å². The third kappa shape index (κ3) is 5.61. The number of aromatic amines is 1. The van der Waals surface area contributed by atoms with Crippen LogP contribution in [0.2, 0.25) is 0 Å². The highest BCUT2D eigenvalue weighted by molar-refractivity contribution is 5.91. The quantitative estimate of drug-likeness (QED) is 0.290. The number of nitrogens with one attached hydrogen (secondary N) is 1. The van der Waals surface area contributed by atoms with Gasteiger partial charge in [-0.25, -0.2) is 9.78 Å². The third-order valence-electron chi connectivity index (χ3n) is 7.22. The molecule has 0 spiro atoms. The molecule has 40 heavy (non-hydrogen) atoms. The van der Waals surface area contributed by atoms with Crippen molar-refractivity contribution in [2.24, 2.45) is 5.73 Å². The normalized spacial score (nSPS) is 15.8. The lowest BCUT2D eigenvalue weighted by atomic mass is 10.0. The molecule has 5 aromatic rings. The molecule has 1 saturated heterocycles. The fourth-order valence-electron chi connectivity index (χ4n) is 5.14. The van der Waals surface area contributed by atoms with Crippen LogP contribution in [0.25, 0.3) is 44.8 Å². The molecule has 1 aliphatic heterocycles. The van der Waals surface area contributed by atoms with Crippen LogP contribution in [-0.4, -0.2) is 68.1 Å². The lowest BCUT2D eigenvalue weighted by molar-refractivity contribution is 0.0447. The molecule has 0 radical (unpaired) electrons. The van der Waals surface area contributed by atoms with E-state index < -0.39 is 0 Å². The SMILES string of the molecule is Cc1cccc(-c2[nH]cnc2-c2ccc3ncc(-c4ccc(C(=O)OCCN5CCC[C@@H](N)C5)cn4)cc3c2)n1. The van der Waals surface area contributed by atoms with Crippen molar-refractivity contribution in [2.75, 3.05) is 26.2 Å². The first-order chi connectivity index (χ1) is 19.5. The molecule has 1 aliphatic rings. The molecule has 3 N–H and O–H groups in total. The maximum atomic E-state index is 12.5. The Morgan fingerprint density at radius 1 is 1.05 bits per heavy atom. The van der Waals surface area contributed by atoms with Crippen LogP contribution in [0.1, 0.15) is 28.9 Å². The zero-order chi connectivity index (χ0) is 27.5. The zero-order valence-corrected chi connectivity index (χ0v) is 22.4. The van der Waals surface area contributed by atoms with Gasteiger partial charge in [0, 0.05) is 53.7 Å². The molecule has 4 aromatic heterocycles. The minimum Gasteiger partial charge on any atom is -0.461 e. The Bertz CT molecular complexity index is 1650. The van der Waals surface area contributed by atoms with Gasteiger partial charge in [0.2, 0.25) is 0 Å². The van der Waals surface area contributed by atoms with E-state index in [2.05, 4.69) is 35.9 Å². The van der Waals surface area contributed by atoms with Gasteiger partial charge in [0.05, 0.1) is 40.2 Å². The number of ether oxygens (including phenoxy) is 1. The maximum absolute atomic E-state index is 12.5. The smallest absolute Gasteiger partial charge is 0.339 e. The first kappa shape index (κ1) is 25.8. The summed E-state index contributed by atoms with van der Waals surface area (Å²) in [5, 5.41) is 0.962. The van der Waals surface area contributed by atoms with E-state index >= 15 is 0 Å². The summed E-state index contributed by atoms with van der Waals surface area (Å²) in [5.74, 6) is -0.375. The van der Waals surface area contributed by atoms with E-state index in [1.54, 1.807) is 24.8 Å². The number of hydrogen-bond acceptors (Lipinski definition) is 8. The number of carbonyl (C=O) groups excluding carboxylic acids is 1. The number of nitrogens with two attached hydrogens (primary N) is 1. The number of rotatable bonds is 7. The molecular formula is C31H31N7O2. The Kier molecular flexibility index (Phi) is 7.31. The van der Waals surface area contributed by atoms with Crippen LogP contribution in [0.3, 0.4) is 0 Å². The van der Waals surface area contributed by atoms with Gasteiger partial charge in [-0.05, 0) is 68.8 Å². The maximum Gasteiger partial charge on any atom is 0.339 e. The number of carbonyl (C=O) groups is 1. The molecule has 9 heteroatoms. The average molecular weight is 534 g/mol. The van der Waals surface area contributed by atoms with Crippen LogP contribution in [0.15, 0.2) is 73.3 Å². The number of nitrogens with zero attached hydrogens (tertiary/aromatic N) is 5. The predicted molar refractivity (Wildman–Crippen MR) is 154 cm³/mol. The van der Waals surface area contributed by atoms with Gasteiger partial charge in [-0.15, -0.1) is 0 Å². The monoisotopic (exact) mass is 533 g/mol.